The van der Waals surface area contributed by atoms with E-state index in [9.17, 15) is 19.7 Å². The van der Waals surface area contributed by atoms with Gasteiger partial charge in [0.1, 0.15) is 6.04 Å². The number of rotatable bonds is 14. The van der Waals surface area contributed by atoms with E-state index in [0.717, 1.165) is 35.1 Å². The maximum absolute atomic E-state index is 13.7. The van der Waals surface area contributed by atoms with E-state index in [4.69, 9.17) is 0 Å². The SMILES string of the molecule is CCCCNC(=O)[C@@H](Cc1ccccc1)N(Cc1ccccc1C)C(=O)CSCc1ccc([N+](=O)[O-])cc1. The zero-order chi connectivity index (χ0) is 27.3. The molecular weight excluding hydrogens is 498 g/mol. The van der Waals surface area contributed by atoms with E-state index >= 15 is 0 Å². The standard InChI is InChI=1S/C30H35N3O4S/c1-3-4-18-31-30(35)28(19-24-11-6-5-7-12-24)32(20-26-13-9-8-10-23(26)2)29(34)22-38-21-25-14-16-27(17-15-25)33(36)37/h5-17,28H,3-4,18-22H2,1-2H3,(H,31,35)/t28-/m1/s1. The number of nitro groups is 1. The Morgan fingerprint density at radius 2 is 1.66 bits per heavy atom. The normalized spacial score (nSPS) is 11.5. The quantitative estimate of drug-likeness (QED) is 0.163. The Hall–Kier alpha value is -3.65. The molecule has 0 radical (unpaired) electrons. The number of amides is 2. The van der Waals surface area contributed by atoms with E-state index < -0.39 is 11.0 Å². The van der Waals surface area contributed by atoms with E-state index in [1.807, 2.05) is 61.5 Å². The molecule has 0 saturated heterocycles. The van der Waals surface area contributed by atoms with Crippen molar-refractivity contribution in [3.8, 4) is 0 Å². The number of aryl methyl sites for hydroxylation is 1. The molecule has 1 atom stereocenters. The minimum Gasteiger partial charge on any atom is -0.354 e. The Bertz CT molecular complexity index is 1200. The first-order valence-corrected chi connectivity index (χ1v) is 14.0. The number of non-ortho nitro benzene ring substituents is 1. The zero-order valence-electron chi connectivity index (χ0n) is 22.0. The van der Waals surface area contributed by atoms with Gasteiger partial charge >= 0.3 is 0 Å². The van der Waals surface area contributed by atoms with Gasteiger partial charge in [0, 0.05) is 37.4 Å². The molecule has 0 saturated carbocycles. The van der Waals surface area contributed by atoms with Gasteiger partial charge in [-0.05, 0) is 35.6 Å². The predicted molar refractivity (Wildman–Crippen MR) is 153 cm³/mol. The van der Waals surface area contributed by atoms with Crippen molar-refractivity contribution in [1.29, 1.82) is 0 Å². The summed E-state index contributed by atoms with van der Waals surface area (Å²) in [7, 11) is 0. The van der Waals surface area contributed by atoms with Crippen molar-refractivity contribution < 1.29 is 14.5 Å². The highest BCUT2D eigenvalue weighted by Crippen LogP contribution is 2.21. The number of thioether (sulfide) groups is 1. The van der Waals surface area contributed by atoms with Crippen molar-refractivity contribution in [2.45, 2.75) is 51.4 Å². The molecule has 0 heterocycles. The minimum atomic E-state index is -0.652. The van der Waals surface area contributed by atoms with Gasteiger partial charge in [-0.1, -0.05) is 80.1 Å². The number of carbonyl (C=O) groups excluding carboxylic acids is 2. The van der Waals surface area contributed by atoms with Crippen LogP contribution in [0.2, 0.25) is 0 Å². The number of benzene rings is 3. The molecule has 0 unspecified atom stereocenters. The van der Waals surface area contributed by atoms with Crippen molar-refractivity contribution in [2.75, 3.05) is 12.3 Å². The van der Waals surface area contributed by atoms with Crippen molar-refractivity contribution >= 4 is 29.3 Å². The molecule has 0 aliphatic rings. The number of hydrogen-bond donors (Lipinski definition) is 1. The molecule has 7 nitrogen and oxygen atoms in total. The second kappa shape index (κ2) is 14.9. The summed E-state index contributed by atoms with van der Waals surface area (Å²) in [5.74, 6) is 0.459. The van der Waals surface area contributed by atoms with Crippen molar-refractivity contribution in [3.05, 3.63) is 111 Å². The van der Waals surface area contributed by atoms with Crippen molar-refractivity contribution in [3.63, 3.8) is 0 Å². The average molecular weight is 534 g/mol. The van der Waals surface area contributed by atoms with Crippen LogP contribution in [0.1, 0.15) is 42.0 Å². The Balaban J connectivity index is 1.81. The van der Waals surface area contributed by atoms with Gasteiger partial charge in [-0.25, -0.2) is 0 Å². The molecule has 0 aromatic heterocycles. The van der Waals surface area contributed by atoms with E-state index in [1.165, 1.54) is 23.9 Å². The lowest BCUT2D eigenvalue weighted by molar-refractivity contribution is -0.384. The van der Waals surface area contributed by atoms with Gasteiger partial charge in [-0.2, -0.15) is 0 Å². The molecule has 0 fully saturated rings. The number of nitrogens with one attached hydrogen (secondary N) is 1. The number of nitro benzene ring substituents is 1. The molecule has 0 aliphatic carbocycles. The lowest BCUT2D eigenvalue weighted by Crippen LogP contribution is -2.51. The summed E-state index contributed by atoms with van der Waals surface area (Å²) in [6.45, 7) is 4.99. The van der Waals surface area contributed by atoms with Crippen LogP contribution < -0.4 is 5.32 Å². The van der Waals surface area contributed by atoms with Gasteiger partial charge < -0.3 is 10.2 Å². The third-order valence-electron chi connectivity index (χ3n) is 6.34. The first-order chi connectivity index (χ1) is 18.4. The van der Waals surface area contributed by atoms with Crippen LogP contribution in [0.3, 0.4) is 0 Å². The summed E-state index contributed by atoms with van der Waals surface area (Å²) in [5.41, 5.74) is 3.99. The molecule has 0 bridgehead atoms. The maximum atomic E-state index is 13.7. The van der Waals surface area contributed by atoms with Gasteiger partial charge in [0.2, 0.25) is 11.8 Å². The molecule has 2 amide bonds. The Morgan fingerprint density at radius 1 is 0.974 bits per heavy atom. The lowest BCUT2D eigenvalue weighted by atomic mass is 10.0. The van der Waals surface area contributed by atoms with E-state index in [2.05, 4.69) is 12.2 Å². The first-order valence-electron chi connectivity index (χ1n) is 12.9. The Morgan fingerprint density at radius 3 is 2.32 bits per heavy atom. The summed E-state index contributed by atoms with van der Waals surface area (Å²) in [6, 6.07) is 23.4. The fourth-order valence-electron chi connectivity index (χ4n) is 4.08. The molecular formula is C30H35N3O4S. The zero-order valence-corrected chi connectivity index (χ0v) is 22.8. The van der Waals surface area contributed by atoms with E-state index in [0.29, 0.717) is 25.3 Å². The fourth-order valence-corrected chi connectivity index (χ4v) is 4.95. The summed E-state index contributed by atoms with van der Waals surface area (Å²) in [5, 5.41) is 14.0. The van der Waals surface area contributed by atoms with E-state index in [-0.39, 0.29) is 23.3 Å². The minimum absolute atomic E-state index is 0.0390. The summed E-state index contributed by atoms with van der Waals surface area (Å²) in [4.78, 5) is 39.3. The molecule has 1 N–H and O–H groups in total. The van der Waals surface area contributed by atoms with Crippen LogP contribution in [0.4, 0.5) is 5.69 Å². The lowest BCUT2D eigenvalue weighted by Gasteiger charge is -2.32. The van der Waals surface area contributed by atoms with Crippen LogP contribution in [-0.4, -0.2) is 40.0 Å². The summed E-state index contributed by atoms with van der Waals surface area (Å²) < 4.78 is 0. The number of carbonyl (C=O) groups is 2. The van der Waals surface area contributed by atoms with Crippen LogP contribution in [0, 0.1) is 17.0 Å². The molecule has 0 aliphatic heterocycles. The summed E-state index contributed by atoms with van der Waals surface area (Å²) in [6.07, 6.45) is 2.26. The third kappa shape index (κ3) is 8.73. The first kappa shape index (κ1) is 28.9. The second-order valence-corrected chi connectivity index (χ2v) is 10.2. The van der Waals surface area contributed by atoms with Crippen LogP contribution in [0.5, 0.6) is 0 Å². The van der Waals surface area contributed by atoms with Crippen LogP contribution >= 0.6 is 11.8 Å². The topological polar surface area (TPSA) is 92.6 Å². The molecule has 8 heteroatoms. The van der Waals surface area contributed by atoms with Crippen molar-refractivity contribution in [2.24, 2.45) is 0 Å². The number of unbranched alkanes of at least 4 members (excludes halogenated alkanes) is 1. The molecule has 0 spiro atoms. The Labute approximate surface area is 228 Å². The van der Waals surface area contributed by atoms with Gasteiger partial charge in [0.15, 0.2) is 0 Å². The second-order valence-electron chi connectivity index (χ2n) is 9.21. The highest BCUT2D eigenvalue weighted by atomic mass is 32.2. The van der Waals surface area contributed by atoms with Gasteiger partial charge in [0.05, 0.1) is 10.7 Å². The fraction of sp³-hybridized carbons (Fsp3) is 0.333. The number of hydrogen-bond acceptors (Lipinski definition) is 5. The van der Waals surface area contributed by atoms with Crippen LogP contribution in [0.15, 0.2) is 78.9 Å². The van der Waals surface area contributed by atoms with E-state index in [1.54, 1.807) is 17.0 Å². The highest BCUT2D eigenvalue weighted by molar-refractivity contribution is 7.99. The maximum Gasteiger partial charge on any atom is 0.269 e. The van der Waals surface area contributed by atoms with Crippen LogP contribution in [0.25, 0.3) is 0 Å². The molecule has 3 rings (SSSR count). The molecule has 3 aromatic rings. The Kier molecular flexibility index (Phi) is 11.4. The van der Waals surface area contributed by atoms with Gasteiger partial charge in [0.25, 0.3) is 5.69 Å². The monoisotopic (exact) mass is 533 g/mol. The molecule has 3 aromatic carbocycles. The van der Waals surface area contributed by atoms with Crippen molar-refractivity contribution in [1.82, 2.24) is 10.2 Å². The molecule has 38 heavy (non-hydrogen) atoms. The average Bonchev–Trinajstić information content (AvgIpc) is 2.92. The smallest absolute Gasteiger partial charge is 0.269 e. The number of nitrogens with zero attached hydrogens (tertiary/aromatic N) is 2. The van der Waals surface area contributed by atoms with Crippen LogP contribution in [-0.2, 0) is 28.3 Å². The third-order valence-corrected chi connectivity index (χ3v) is 7.33. The van der Waals surface area contributed by atoms with Gasteiger partial charge in [-0.3, -0.25) is 19.7 Å². The molecule has 200 valence electrons. The highest BCUT2D eigenvalue weighted by Gasteiger charge is 2.30. The predicted octanol–water partition coefficient (Wildman–Crippen LogP) is 5.69. The summed E-state index contributed by atoms with van der Waals surface area (Å²) >= 11 is 1.44. The van der Waals surface area contributed by atoms with Gasteiger partial charge in [-0.15, -0.1) is 11.8 Å². The largest absolute Gasteiger partial charge is 0.354 e.